The number of carbonyl (C=O) groups is 10. The van der Waals surface area contributed by atoms with Gasteiger partial charge in [0, 0.05) is 73.7 Å². The summed E-state index contributed by atoms with van der Waals surface area (Å²) in [5, 5.41) is 23.1. The van der Waals surface area contributed by atoms with Crippen molar-refractivity contribution < 1.29 is 63.2 Å². The maximum atomic E-state index is 15.4. The van der Waals surface area contributed by atoms with Crippen LogP contribution in [0.25, 0.3) is 11.1 Å². The van der Waals surface area contributed by atoms with Gasteiger partial charge in [-0.25, -0.2) is 8.78 Å². The molecule has 1 aliphatic heterocycles. The average Bonchev–Trinajstić information content (AvgIpc) is 3.95. The highest BCUT2D eigenvalue weighted by Gasteiger charge is 2.39. The molecule has 9 N–H and O–H groups in total. The molecule has 0 radical (unpaired) electrons. The molecular formula is C53H63F2N11O11. The van der Waals surface area contributed by atoms with Gasteiger partial charge in [-0.1, -0.05) is 51.1 Å². The highest BCUT2D eigenvalue weighted by molar-refractivity contribution is 6.14. The number of carbonyl (C=O) groups excluding carboxylic acids is 10. The van der Waals surface area contributed by atoms with Crippen molar-refractivity contribution in [2.45, 2.75) is 90.6 Å². The molecule has 10 amide bonds. The van der Waals surface area contributed by atoms with Crippen molar-refractivity contribution in [1.82, 2.24) is 51.2 Å². The number of halogens is 2. The van der Waals surface area contributed by atoms with E-state index in [1.54, 1.807) is 49.7 Å². The lowest BCUT2D eigenvalue weighted by atomic mass is 9.82. The average molecular weight is 1070 g/mol. The first-order chi connectivity index (χ1) is 36.9. The molecule has 0 saturated carbocycles. The summed E-state index contributed by atoms with van der Waals surface area (Å²) < 4.78 is 40.0. The Morgan fingerprint density at radius 2 is 1.42 bits per heavy atom. The summed E-state index contributed by atoms with van der Waals surface area (Å²) in [7, 11) is 0. The standard InChI is InChI=1S/C53H63F2N11O11/c1-31(60-43(69)23-33-15-18-57-19-16-33)49(74)61-32(2)50(75)63-40(26-42(56)68)52(77)62-39(51(76)59-21-20-58-44(70)29-66-45(71)13-14-46(66)72)17-22-65(47(73)30-67)48(53(3,4)5)41-24-35(37-25-36(54)11-12-38(37)55)28-64(41)27-34-9-7-6-8-10-34/h6-16,18-19,24-25,28,31-32,39-40,48,67H,17,20-23,26-27,29-30H2,1-5H3,(H2,56,68)(H,58,70)(H,59,76)(H,60,69)(H,61,74)(H,62,77)(H,63,75)/t31-,32-,39-,40-,48-/m0/s1/i/hD. The molecule has 0 unspecified atom stereocenters. The molecule has 5 atom stereocenters. The summed E-state index contributed by atoms with van der Waals surface area (Å²) in [5.41, 5.74) is 6.52. The molecule has 0 saturated heterocycles. The first kappa shape index (κ1) is 57.6. The first-order valence-corrected chi connectivity index (χ1v) is 24.4. The van der Waals surface area contributed by atoms with Gasteiger partial charge in [0.1, 0.15) is 49.0 Å². The predicted molar refractivity (Wildman–Crippen MR) is 274 cm³/mol. The monoisotopic (exact) mass is 1070 g/mol. The largest absolute Gasteiger partial charge is 0.387 e. The number of hydrogen-bond donors (Lipinski definition) is 8. The molecule has 5 rings (SSSR count). The van der Waals surface area contributed by atoms with E-state index in [2.05, 4.69) is 31.6 Å². The molecule has 4 aromatic rings. The Hall–Kier alpha value is -8.67. The molecule has 77 heavy (non-hydrogen) atoms. The van der Waals surface area contributed by atoms with Gasteiger partial charge in [-0.15, -0.1) is 0 Å². The number of aromatic nitrogens is 2. The fourth-order valence-corrected chi connectivity index (χ4v) is 8.31. The second-order valence-corrected chi connectivity index (χ2v) is 19.2. The molecule has 0 fully saturated rings. The van der Waals surface area contributed by atoms with E-state index in [9.17, 15) is 57.4 Å². The maximum Gasteiger partial charge on any atom is 0.254 e. The highest BCUT2D eigenvalue weighted by atomic mass is 19.1. The van der Waals surface area contributed by atoms with E-state index in [1.165, 1.54) is 31.1 Å². The summed E-state index contributed by atoms with van der Waals surface area (Å²) >= 11 is 0. The van der Waals surface area contributed by atoms with Crippen LogP contribution in [0.2, 0.25) is 1.41 Å². The van der Waals surface area contributed by atoms with Crippen LogP contribution in [-0.4, -0.2) is 140 Å². The minimum Gasteiger partial charge on any atom is -0.387 e. The number of imide groups is 1. The summed E-state index contributed by atoms with van der Waals surface area (Å²) in [5.74, 6) is -10.2. The Kier molecular flexibility index (Phi) is 20.4. The summed E-state index contributed by atoms with van der Waals surface area (Å²) in [4.78, 5) is 137. The Labute approximate surface area is 444 Å². The van der Waals surface area contributed by atoms with E-state index < -0.39 is 139 Å². The summed E-state index contributed by atoms with van der Waals surface area (Å²) in [6.45, 7) is 5.45. The third-order valence-electron chi connectivity index (χ3n) is 12.1. The third kappa shape index (κ3) is 17.2. The minimum absolute atomic E-state index is 0.0749. The van der Waals surface area contributed by atoms with Crippen molar-refractivity contribution in [3.8, 4) is 11.1 Å². The smallest absolute Gasteiger partial charge is 0.254 e. The van der Waals surface area contributed by atoms with E-state index in [0.29, 0.717) is 21.5 Å². The number of nitrogens with zero attached hydrogens (tertiary/aromatic N) is 4. The van der Waals surface area contributed by atoms with E-state index in [1.807, 2.05) is 30.3 Å². The topological polar surface area (TPSA) is 313 Å². The first-order valence-electron chi connectivity index (χ1n) is 24.9. The van der Waals surface area contributed by atoms with Crippen LogP contribution in [0.1, 0.15) is 70.3 Å². The summed E-state index contributed by atoms with van der Waals surface area (Å²) in [6.07, 6.45) is 5.03. The third-order valence-corrected chi connectivity index (χ3v) is 12.1. The van der Waals surface area contributed by atoms with Crippen LogP contribution in [0.4, 0.5) is 8.78 Å². The van der Waals surface area contributed by atoms with Crippen molar-refractivity contribution >= 4 is 59.1 Å². The molecular weight excluding hydrogens is 1000 g/mol. The zero-order valence-electron chi connectivity index (χ0n) is 44.1. The Balaban J connectivity index is 1.41. The van der Waals surface area contributed by atoms with Gasteiger partial charge in [-0.3, -0.25) is 57.8 Å². The van der Waals surface area contributed by atoms with Gasteiger partial charge in [-0.05, 0) is 73.2 Å². The van der Waals surface area contributed by atoms with Crippen molar-refractivity contribution in [2.24, 2.45) is 11.1 Å². The molecule has 0 bridgehead atoms. The van der Waals surface area contributed by atoms with E-state index in [4.69, 9.17) is 7.15 Å². The number of primary amides is 1. The lowest BCUT2D eigenvalue weighted by Gasteiger charge is -2.41. The molecule has 0 aliphatic carbocycles. The molecule has 3 heterocycles. The number of pyridine rings is 1. The van der Waals surface area contributed by atoms with Gasteiger partial charge in [0.05, 0.1) is 18.9 Å². The van der Waals surface area contributed by atoms with Crippen molar-refractivity contribution in [1.29, 1.82) is 0 Å². The van der Waals surface area contributed by atoms with E-state index in [0.717, 1.165) is 35.9 Å². The van der Waals surface area contributed by atoms with Crippen LogP contribution in [0.3, 0.4) is 0 Å². The lowest BCUT2D eigenvalue weighted by Crippen LogP contribution is -2.58. The number of benzene rings is 2. The normalized spacial score (nSPS) is 14.3. The maximum absolute atomic E-state index is 15.4. The Bertz CT molecular complexity index is 2880. The van der Waals surface area contributed by atoms with Crippen LogP contribution < -0.4 is 37.6 Å². The molecule has 2 aromatic heterocycles. The summed E-state index contributed by atoms with van der Waals surface area (Å²) in [6, 6.07) is 9.56. The fraction of sp³-hybridized carbons (Fsp3) is 0.377. The van der Waals surface area contributed by atoms with Crippen molar-refractivity contribution in [2.75, 3.05) is 32.8 Å². The molecule has 2 aromatic carbocycles. The van der Waals surface area contributed by atoms with Gasteiger partial charge in [0.25, 0.3) is 11.8 Å². The number of nitrogens with one attached hydrogen (secondary N) is 6. The fourth-order valence-electron chi connectivity index (χ4n) is 8.31. The van der Waals surface area contributed by atoms with Gasteiger partial charge in [-0.2, -0.15) is 0 Å². The SMILES string of the molecule is [2H]N(C(=O)Cc1ccncc1)[C@@H](C)C(=O)N[C@@H](C)C(=O)N[C@@H](CC(N)=O)C(=O)N[C@@H](CCN(C(=O)CO)[C@@H](c1cc(-c2cc(F)ccc2F)cn1Cc1ccccc1)C(C)(C)C)C(=O)NCCNC(=O)CN1C(=O)C=CC1=O. The van der Waals surface area contributed by atoms with Gasteiger partial charge in [0.2, 0.25) is 47.3 Å². The predicted octanol–water partition coefficient (Wildman–Crippen LogP) is 0.429. The number of aliphatic hydroxyl groups is 1. The zero-order valence-corrected chi connectivity index (χ0v) is 43.1. The molecule has 22 nitrogen and oxygen atoms in total. The van der Waals surface area contributed by atoms with Gasteiger partial charge < -0.3 is 52.2 Å². The second-order valence-electron chi connectivity index (χ2n) is 19.2. The number of amides is 10. The molecule has 410 valence electrons. The number of nitrogens with two attached hydrogens (primary N) is 1. The number of rotatable bonds is 26. The Morgan fingerprint density at radius 3 is 2.05 bits per heavy atom. The molecule has 24 heteroatoms. The highest BCUT2D eigenvalue weighted by Crippen LogP contribution is 2.41. The number of aliphatic hydroxyl groups excluding tert-OH is 1. The van der Waals surface area contributed by atoms with Crippen LogP contribution in [0, 0.1) is 17.0 Å². The van der Waals surface area contributed by atoms with Crippen LogP contribution in [0.15, 0.2) is 97.5 Å². The second kappa shape index (κ2) is 27.2. The Morgan fingerprint density at radius 1 is 0.779 bits per heavy atom. The van der Waals surface area contributed by atoms with Crippen molar-refractivity contribution in [3.63, 3.8) is 0 Å². The van der Waals surface area contributed by atoms with Crippen LogP contribution in [-0.2, 0) is 60.9 Å². The number of hydrogen-bond acceptors (Lipinski definition) is 12. The van der Waals surface area contributed by atoms with Crippen molar-refractivity contribution in [3.05, 3.63) is 126 Å². The van der Waals surface area contributed by atoms with E-state index >= 15 is 4.39 Å². The van der Waals surface area contributed by atoms with Gasteiger partial charge >= 0.3 is 0 Å². The van der Waals surface area contributed by atoms with Crippen LogP contribution >= 0.6 is 0 Å². The van der Waals surface area contributed by atoms with Crippen LogP contribution in [0.5, 0.6) is 0 Å². The van der Waals surface area contributed by atoms with E-state index in [-0.39, 0.29) is 37.2 Å². The molecule has 1 aliphatic rings. The van der Waals surface area contributed by atoms with Gasteiger partial charge in [0.15, 0.2) is 1.41 Å². The lowest BCUT2D eigenvalue weighted by molar-refractivity contribution is -0.141. The molecule has 0 spiro atoms. The quantitative estimate of drug-likeness (QED) is 0.0314. The zero-order chi connectivity index (χ0) is 57.4. The minimum atomic E-state index is -1.79.